The number of hydrogen-bond donors (Lipinski definition) is 2. The van der Waals surface area contributed by atoms with Gasteiger partial charge in [0.05, 0.1) is 12.2 Å². The van der Waals surface area contributed by atoms with Crippen molar-refractivity contribution in [3.05, 3.63) is 30.5 Å². The second kappa shape index (κ2) is 4.93. The van der Waals surface area contributed by atoms with Crippen LogP contribution in [0, 0.1) is 0 Å². The Labute approximate surface area is 112 Å². The van der Waals surface area contributed by atoms with Gasteiger partial charge in [0, 0.05) is 43.3 Å². The minimum atomic E-state index is 0.0403. The zero-order chi connectivity index (χ0) is 13.2. The van der Waals surface area contributed by atoms with Gasteiger partial charge in [0.25, 0.3) is 0 Å². The van der Waals surface area contributed by atoms with Gasteiger partial charge in [-0.1, -0.05) is 18.2 Å². The number of fused-ring (bicyclic) bond motifs is 1. The summed E-state index contributed by atoms with van der Waals surface area (Å²) < 4.78 is 0. The minimum Gasteiger partial charge on any atom is -0.366 e. The number of anilines is 1. The Morgan fingerprint density at radius 2 is 1.95 bits per heavy atom. The molecule has 1 aromatic heterocycles. The molecule has 1 aliphatic rings. The van der Waals surface area contributed by atoms with Gasteiger partial charge in [0.1, 0.15) is 0 Å². The van der Waals surface area contributed by atoms with E-state index in [1.807, 2.05) is 23.2 Å². The van der Waals surface area contributed by atoms with Crippen molar-refractivity contribution in [2.75, 3.05) is 37.6 Å². The highest BCUT2D eigenvalue weighted by Gasteiger charge is 2.21. The van der Waals surface area contributed by atoms with Gasteiger partial charge >= 0.3 is 0 Å². The highest BCUT2D eigenvalue weighted by Crippen LogP contribution is 2.27. The number of benzene rings is 1. The molecule has 2 aromatic rings. The second-order valence-electron chi connectivity index (χ2n) is 4.79. The smallest absolute Gasteiger partial charge is 0.236 e. The molecule has 2 heterocycles. The lowest BCUT2D eigenvalue weighted by Crippen LogP contribution is -2.50. The summed E-state index contributed by atoms with van der Waals surface area (Å²) in [5.41, 5.74) is 7.77. The number of para-hydroxylation sites is 1. The number of rotatable bonds is 2. The van der Waals surface area contributed by atoms with Crippen molar-refractivity contribution in [3.8, 4) is 0 Å². The number of aromatic amines is 1. The Hall–Kier alpha value is -2.01. The number of nitrogens with one attached hydrogen (secondary N) is 1. The van der Waals surface area contributed by atoms with Crippen LogP contribution in [0.4, 0.5) is 5.69 Å². The molecule has 1 saturated heterocycles. The first kappa shape index (κ1) is 12.0. The van der Waals surface area contributed by atoms with Crippen LogP contribution in [0.3, 0.4) is 0 Å². The van der Waals surface area contributed by atoms with Gasteiger partial charge in [0.2, 0.25) is 5.91 Å². The fourth-order valence-corrected chi connectivity index (χ4v) is 2.64. The summed E-state index contributed by atoms with van der Waals surface area (Å²) in [6.45, 7) is 3.30. The number of nitrogens with two attached hydrogens (primary N) is 1. The van der Waals surface area contributed by atoms with Crippen LogP contribution in [-0.4, -0.2) is 48.5 Å². The summed E-state index contributed by atoms with van der Waals surface area (Å²) >= 11 is 0. The van der Waals surface area contributed by atoms with Gasteiger partial charge < -0.3 is 20.5 Å². The topological polar surface area (TPSA) is 65.4 Å². The average molecular weight is 258 g/mol. The molecule has 0 atom stereocenters. The summed E-state index contributed by atoms with van der Waals surface area (Å²) in [5, 5.41) is 1.24. The molecular formula is C14H18N4O. The summed E-state index contributed by atoms with van der Waals surface area (Å²) in [6.07, 6.45) is 2.05. The molecule has 1 aromatic carbocycles. The Morgan fingerprint density at radius 3 is 2.68 bits per heavy atom. The lowest BCUT2D eigenvalue weighted by molar-refractivity contribution is -0.129. The van der Waals surface area contributed by atoms with Crippen LogP contribution in [-0.2, 0) is 4.79 Å². The molecule has 0 aliphatic carbocycles. The molecule has 1 fully saturated rings. The average Bonchev–Trinajstić information content (AvgIpc) is 2.90. The highest BCUT2D eigenvalue weighted by molar-refractivity contribution is 5.93. The van der Waals surface area contributed by atoms with E-state index in [9.17, 15) is 4.79 Å². The van der Waals surface area contributed by atoms with E-state index >= 15 is 0 Å². The summed E-state index contributed by atoms with van der Waals surface area (Å²) in [7, 11) is 0. The molecule has 19 heavy (non-hydrogen) atoms. The van der Waals surface area contributed by atoms with Crippen LogP contribution in [0.25, 0.3) is 10.9 Å². The van der Waals surface area contributed by atoms with E-state index in [4.69, 9.17) is 5.73 Å². The summed E-state index contributed by atoms with van der Waals surface area (Å²) in [4.78, 5) is 19.0. The van der Waals surface area contributed by atoms with Crippen LogP contribution in [0.15, 0.2) is 30.5 Å². The SMILES string of the molecule is NCC(=O)N1CCN(c2c[nH]c3ccccc23)CC1. The molecule has 0 bridgehead atoms. The second-order valence-corrected chi connectivity index (χ2v) is 4.79. The first-order valence-electron chi connectivity index (χ1n) is 6.58. The molecule has 5 nitrogen and oxygen atoms in total. The lowest BCUT2D eigenvalue weighted by Gasteiger charge is -2.35. The number of carbonyl (C=O) groups excluding carboxylic acids is 1. The first-order chi connectivity index (χ1) is 9.29. The van der Waals surface area contributed by atoms with Crippen LogP contribution in [0.1, 0.15) is 0 Å². The van der Waals surface area contributed by atoms with Crippen LogP contribution in [0.2, 0.25) is 0 Å². The van der Waals surface area contributed by atoms with Crippen molar-refractivity contribution >= 4 is 22.5 Å². The molecule has 0 unspecified atom stereocenters. The van der Waals surface area contributed by atoms with E-state index < -0.39 is 0 Å². The molecule has 0 saturated carbocycles. The predicted molar refractivity (Wildman–Crippen MR) is 76.1 cm³/mol. The minimum absolute atomic E-state index is 0.0403. The first-order valence-corrected chi connectivity index (χ1v) is 6.58. The van der Waals surface area contributed by atoms with E-state index in [-0.39, 0.29) is 12.5 Å². The van der Waals surface area contributed by atoms with Gasteiger partial charge in [-0.05, 0) is 6.07 Å². The maximum Gasteiger partial charge on any atom is 0.236 e. The summed E-state index contributed by atoms with van der Waals surface area (Å²) in [5.74, 6) is 0.0403. The van der Waals surface area contributed by atoms with E-state index in [0.717, 1.165) is 31.7 Å². The number of carbonyl (C=O) groups is 1. The van der Waals surface area contributed by atoms with Crippen LogP contribution < -0.4 is 10.6 Å². The fourth-order valence-electron chi connectivity index (χ4n) is 2.64. The highest BCUT2D eigenvalue weighted by atomic mass is 16.2. The maximum absolute atomic E-state index is 11.5. The van der Waals surface area contributed by atoms with Crippen molar-refractivity contribution in [1.82, 2.24) is 9.88 Å². The normalized spacial score (nSPS) is 16.1. The molecular weight excluding hydrogens is 240 g/mol. The van der Waals surface area contributed by atoms with Crippen molar-refractivity contribution in [2.24, 2.45) is 5.73 Å². The Bertz CT molecular complexity index is 584. The zero-order valence-electron chi connectivity index (χ0n) is 10.8. The third kappa shape index (κ3) is 2.17. The third-order valence-corrected chi connectivity index (χ3v) is 3.72. The van der Waals surface area contributed by atoms with Crippen LogP contribution >= 0.6 is 0 Å². The Kier molecular flexibility index (Phi) is 3.13. The molecule has 3 N–H and O–H groups in total. The molecule has 5 heteroatoms. The van der Waals surface area contributed by atoms with Crippen molar-refractivity contribution in [3.63, 3.8) is 0 Å². The number of nitrogens with zero attached hydrogens (tertiary/aromatic N) is 2. The molecule has 1 aliphatic heterocycles. The van der Waals surface area contributed by atoms with Gasteiger partial charge in [-0.25, -0.2) is 0 Å². The summed E-state index contributed by atoms with van der Waals surface area (Å²) in [6, 6.07) is 8.28. The standard InChI is InChI=1S/C14H18N4O/c15-9-14(19)18-7-5-17(6-8-18)13-10-16-12-4-2-1-3-11(12)13/h1-4,10,16H,5-9,15H2. The largest absolute Gasteiger partial charge is 0.366 e. The van der Waals surface area contributed by atoms with E-state index in [1.165, 1.54) is 11.1 Å². The fraction of sp³-hybridized carbons (Fsp3) is 0.357. The van der Waals surface area contributed by atoms with E-state index in [1.54, 1.807) is 0 Å². The number of hydrogen-bond acceptors (Lipinski definition) is 3. The van der Waals surface area contributed by atoms with Gasteiger partial charge in [-0.2, -0.15) is 0 Å². The van der Waals surface area contributed by atoms with E-state index in [0.29, 0.717) is 0 Å². The van der Waals surface area contributed by atoms with Gasteiger partial charge in [0.15, 0.2) is 0 Å². The number of H-pyrrole nitrogens is 1. The lowest BCUT2D eigenvalue weighted by atomic mass is 10.2. The van der Waals surface area contributed by atoms with Crippen molar-refractivity contribution < 1.29 is 4.79 Å². The number of aromatic nitrogens is 1. The Balaban J connectivity index is 1.77. The molecule has 100 valence electrons. The van der Waals surface area contributed by atoms with Crippen LogP contribution in [0.5, 0.6) is 0 Å². The Morgan fingerprint density at radius 1 is 1.21 bits per heavy atom. The zero-order valence-corrected chi connectivity index (χ0v) is 10.8. The monoisotopic (exact) mass is 258 g/mol. The van der Waals surface area contributed by atoms with Gasteiger partial charge in [-0.3, -0.25) is 4.79 Å². The van der Waals surface area contributed by atoms with E-state index in [2.05, 4.69) is 22.0 Å². The number of piperazine rings is 1. The van der Waals surface area contributed by atoms with Gasteiger partial charge in [-0.15, -0.1) is 0 Å². The molecule has 3 rings (SSSR count). The molecule has 0 spiro atoms. The quantitative estimate of drug-likeness (QED) is 0.836. The third-order valence-electron chi connectivity index (χ3n) is 3.72. The molecule has 0 radical (unpaired) electrons. The predicted octanol–water partition coefficient (Wildman–Crippen LogP) is 0.775. The maximum atomic E-state index is 11.5. The number of amides is 1. The van der Waals surface area contributed by atoms with Crippen molar-refractivity contribution in [2.45, 2.75) is 0 Å². The molecule has 1 amide bonds. The van der Waals surface area contributed by atoms with Crippen molar-refractivity contribution in [1.29, 1.82) is 0 Å².